The Labute approximate surface area is 125 Å². The summed E-state index contributed by atoms with van der Waals surface area (Å²) in [6.45, 7) is 2.34. The summed E-state index contributed by atoms with van der Waals surface area (Å²) in [5, 5.41) is 9.16. The molecule has 2 unspecified atom stereocenters. The average Bonchev–Trinajstić information content (AvgIpc) is 3.05. The minimum Gasteiger partial charge on any atom is -0.481 e. The van der Waals surface area contributed by atoms with Gasteiger partial charge in [0.1, 0.15) is 5.69 Å². The number of hydrogen-bond donors (Lipinski definition) is 1. The highest BCUT2D eigenvalue weighted by Gasteiger charge is 2.40. The average molecular weight is 341 g/mol. The van der Waals surface area contributed by atoms with E-state index in [0.29, 0.717) is 24.7 Å². The van der Waals surface area contributed by atoms with Crippen LogP contribution >= 0.6 is 15.9 Å². The largest absolute Gasteiger partial charge is 0.481 e. The van der Waals surface area contributed by atoms with Crippen LogP contribution in [0.2, 0.25) is 0 Å². The maximum absolute atomic E-state index is 12.7. The van der Waals surface area contributed by atoms with Crippen LogP contribution in [0.1, 0.15) is 42.7 Å². The van der Waals surface area contributed by atoms with Crippen molar-refractivity contribution in [2.45, 2.75) is 38.3 Å². The number of carbonyl (C=O) groups is 2. The zero-order valence-corrected chi connectivity index (χ0v) is 12.8. The molecule has 2 heterocycles. The number of aliphatic carboxylic acids is 1. The first-order valence-corrected chi connectivity index (χ1v) is 7.69. The lowest BCUT2D eigenvalue weighted by Crippen LogP contribution is -2.38. The quantitative estimate of drug-likeness (QED) is 0.919. The molecule has 0 aromatic carbocycles. The van der Waals surface area contributed by atoms with Crippen LogP contribution in [0.3, 0.4) is 0 Å². The van der Waals surface area contributed by atoms with Gasteiger partial charge in [-0.1, -0.05) is 0 Å². The number of rotatable bonds is 3. The molecule has 1 saturated carbocycles. The van der Waals surface area contributed by atoms with E-state index in [9.17, 15) is 9.59 Å². The summed E-state index contributed by atoms with van der Waals surface area (Å²) in [6, 6.07) is 2.01. The predicted molar refractivity (Wildman–Crippen MR) is 76.6 cm³/mol. The smallest absolute Gasteiger partial charge is 0.308 e. The monoisotopic (exact) mass is 340 g/mol. The van der Waals surface area contributed by atoms with Crippen molar-refractivity contribution in [1.82, 2.24) is 9.47 Å². The number of carboxylic acids is 1. The molecule has 2 fully saturated rings. The third kappa shape index (κ3) is 2.26. The Bertz CT molecular complexity index is 565. The van der Waals surface area contributed by atoms with Gasteiger partial charge in [0.2, 0.25) is 0 Å². The molecule has 6 heteroatoms. The van der Waals surface area contributed by atoms with Crippen molar-refractivity contribution in [3.8, 4) is 0 Å². The number of halogens is 1. The number of hydrogen-bond acceptors (Lipinski definition) is 2. The number of likely N-dealkylation sites (tertiary alicyclic amines) is 1. The van der Waals surface area contributed by atoms with Crippen LogP contribution in [0, 0.1) is 5.92 Å². The SMILES string of the molecule is CC1C(C(=O)O)CCN1C(=O)c1cc(Br)cn1C1CC1. The predicted octanol–water partition coefficient (Wildman–Crippen LogP) is 2.52. The fourth-order valence-electron chi connectivity index (χ4n) is 2.98. The summed E-state index contributed by atoms with van der Waals surface area (Å²) < 4.78 is 2.92. The Morgan fingerprint density at radius 1 is 1.35 bits per heavy atom. The van der Waals surface area contributed by atoms with Gasteiger partial charge in [0, 0.05) is 29.3 Å². The van der Waals surface area contributed by atoms with Crippen LogP contribution in [0.5, 0.6) is 0 Å². The molecule has 1 saturated heterocycles. The van der Waals surface area contributed by atoms with Crippen LogP contribution in [0.25, 0.3) is 0 Å². The van der Waals surface area contributed by atoms with Gasteiger partial charge in [0.15, 0.2) is 0 Å². The number of aromatic nitrogens is 1. The van der Waals surface area contributed by atoms with Crippen LogP contribution in [0.4, 0.5) is 0 Å². The zero-order chi connectivity index (χ0) is 14.4. The van der Waals surface area contributed by atoms with Crippen molar-refractivity contribution in [2.24, 2.45) is 5.92 Å². The second-order valence-electron chi connectivity index (χ2n) is 5.65. The lowest BCUT2D eigenvalue weighted by Gasteiger charge is -2.23. The van der Waals surface area contributed by atoms with Crippen LogP contribution in [-0.2, 0) is 4.79 Å². The van der Waals surface area contributed by atoms with E-state index in [-0.39, 0.29) is 11.9 Å². The van der Waals surface area contributed by atoms with E-state index in [1.807, 2.05) is 23.8 Å². The summed E-state index contributed by atoms with van der Waals surface area (Å²) >= 11 is 3.42. The summed E-state index contributed by atoms with van der Waals surface area (Å²) in [5.41, 5.74) is 0.664. The molecule has 0 radical (unpaired) electrons. The zero-order valence-electron chi connectivity index (χ0n) is 11.3. The van der Waals surface area contributed by atoms with E-state index < -0.39 is 11.9 Å². The van der Waals surface area contributed by atoms with Gasteiger partial charge >= 0.3 is 5.97 Å². The molecule has 20 heavy (non-hydrogen) atoms. The first-order valence-electron chi connectivity index (χ1n) is 6.90. The molecule has 1 aliphatic carbocycles. The molecule has 1 aliphatic heterocycles. The van der Waals surface area contributed by atoms with E-state index in [0.717, 1.165) is 17.3 Å². The van der Waals surface area contributed by atoms with Gasteiger partial charge in [0.25, 0.3) is 5.91 Å². The maximum Gasteiger partial charge on any atom is 0.308 e. The van der Waals surface area contributed by atoms with Gasteiger partial charge in [0.05, 0.1) is 5.92 Å². The number of nitrogens with zero attached hydrogens (tertiary/aromatic N) is 2. The Morgan fingerprint density at radius 3 is 2.60 bits per heavy atom. The Kier molecular flexibility index (Phi) is 3.36. The van der Waals surface area contributed by atoms with Crippen molar-refractivity contribution < 1.29 is 14.7 Å². The van der Waals surface area contributed by atoms with Gasteiger partial charge in [-0.2, -0.15) is 0 Å². The lowest BCUT2D eigenvalue weighted by atomic mass is 10.0. The first kappa shape index (κ1) is 13.7. The second-order valence-corrected chi connectivity index (χ2v) is 6.57. The third-order valence-corrected chi connectivity index (χ3v) is 4.74. The van der Waals surface area contributed by atoms with E-state index in [1.54, 1.807) is 4.90 Å². The van der Waals surface area contributed by atoms with E-state index in [4.69, 9.17) is 5.11 Å². The van der Waals surface area contributed by atoms with E-state index in [1.165, 1.54) is 0 Å². The Balaban J connectivity index is 1.84. The highest BCUT2D eigenvalue weighted by atomic mass is 79.9. The third-order valence-electron chi connectivity index (χ3n) is 4.31. The van der Waals surface area contributed by atoms with Crippen molar-refractivity contribution in [1.29, 1.82) is 0 Å². The summed E-state index contributed by atoms with van der Waals surface area (Å²) in [6.07, 6.45) is 4.69. The fraction of sp³-hybridized carbons (Fsp3) is 0.571. The molecule has 0 bridgehead atoms. The standard InChI is InChI=1S/C14H17BrN2O3/c1-8-11(14(19)20)4-5-16(8)13(18)12-6-9(15)7-17(12)10-2-3-10/h6-8,10-11H,2-5H2,1H3,(H,19,20). The van der Waals surface area contributed by atoms with Gasteiger partial charge in [-0.3, -0.25) is 9.59 Å². The highest BCUT2D eigenvalue weighted by molar-refractivity contribution is 9.10. The minimum absolute atomic E-state index is 0.0566. The molecule has 2 aliphatic rings. The van der Waals surface area contributed by atoms with Crippen molar-refractivity contribution in [3.63, 3.8) is 0 Å². The molecule has 5 nitrogen and oxygen atoms in total. The first-order chi connectivity index (χ1) is 9.49. The van der Waals surface area contributed by atoms with Crippen LogP contribution < -0.4 is 0 Å². The number of carbonyl (C=O) groups excluding carboxylic acids is 1. The molecule has 1 amide bonds. The van der Waals surface area contributed by atoms with Gasteiger partial charge in [-0.15, -0.1) is 0 Å². The van der Waals surface area contributed by atoms with Gasteiger partial charge in [-0.25, -0.2) is 0 Å². The molecule has 1 aromatic rings. The molecule has 3 rings (SSSR count). The van der Waals surface area contributed by atoms with Crippen LogP contribution in [-0.4, -0.2) is 39.0 Å². The highest BCUT2D eigenvalue weighted by Crippen LogP contribution is 2.38. The second kappa shape index (κ2) is 4.91. The maximum atomic E-state index is 12.7. The minimum atomic E-state index is -0.813. The lowest BCUT2D eigenvalue weighted by molar-refractivity contribution is -0.142. The van der Waals surface area contributed by atoms with Crippen molar-refractivity contribution in [2.75, 3.05) is 6.54 Å². The number of amides is 1. The van der Waals surface area contributed by atoms with Crippen LogP contribution in [0.15, 0.2) is 16.7 Å². The molecular formula is C14H17BrN2O3. The Morgan fingerprint density at radius 2 is 2.05 bits per heavy atom. The molecule has 108 valence electrons. The number of carboxylic acid groups (broad SMARTS) is 1. The fourth-order valence-corrected chi connectivity index (χ4v) is 3.41. The molecule has 0 spiro atoms. The van der Waals surface area contributed by atoms with Crippen molar-refractivity contribution >= 4 is 27.8 Å². The molecule has 1 N–H and O–H groups in total. The summed E-state index contributed by atoms with van der Waals surface area (Å²) in [4.78, 5) is 25.5. The normalized spacial score (nSPS) is 26.0. The summed E-state index contributed by atoms with van der Waals surface area (Å²) in [5.74, 6) is -1.32. The topological polar surface area (TPSA) is 62.5 Å². The Hall–Kier alpha value is -1.30. The van der Waals surface area contributed by atoms with E-state index in [2.05, 4.69) is 15.9 Å². The van der Waals surface area contributed by atoms with Crippen molar-refractivity contribution in [3.05, 3.63) is 22.4 Å². The van der Waals surface area contributed by atoms with E-state index >= 15 is 0 Å². The van der Waals surface area contributed by atoms with Gasteiger partial charge < -0.3 is 14.6 Å². The summed E-state index contributed by atoms with van der Waals surface area (Å²) in [7, 11) is 0. The molecule has 2 atom stereocenters. The van der Waals surface area contributed by atoms with Gasteiger partial charge in [-0.05, 0) is 48.2 Å². The molecular weight excluding hydrogens is 324 g/mol. The molecule has 1 aromatic heterocycles.